The first-order valence-electron chi connectivity index (χ1n) is 13.5. The fraction of sp³-hybridized carbons (Fsp3) is 0.452. The maximum atomic E-state index is 14.0. The van der Waals surface area contributed by atoms with Gasteiger partial charge >= 0.3 is 11.9 Å². The molecule has 0 aliphatic carbocycles. The number of halogens is 1. The summed E-state index contributed by atoms with van der Waals surface area (Å²) in [6, 6.07) is 6.23. The molecule has 2 unspecified atom stereocenters. The number of carbonyl (C=O) groups is 2. The van der Waals surface area contributed by atoms with Crippen LogP contribution in [0, 0.1) is 5.82 Å². The third kappa shape index (κ3) is 6.99. The number of pyridine rings is 1. The van der Waals surface area contributed by atoms with Crippen molar-refractivity contribution in [3.63, 3.8) is 0 Å². The van der Waals surface area contributed by atoms with Gasteiger partial charge in [-0.05, 0) is 47.2 Å². The normalized spacial score (nSPS) is 24.1. The van der Waals surface area contributed by atoms with Crippen LogP contribution >= 0.6 is 0 Å². The number of hydrogen-bond acceptors (Lipinski definition) is 7. The van der Waals surface area contributed by atoms with Crippen molar-refractivity contribution in [3.8, 4) is 11.1 Å². The Morgan fingerprint density at radius 1 is 0.821 bits per heavy atom. The zero-order valence-corrected chi connectivity index (χ0v) is 22.8. The van der Waals surface area contributed by atoms with Crippen molar-refractivity contribution in [2.45, 2.75) is 89.6 Å². The summed E-state index contributed by atoms with van der Waals surface area (Å²) in [6.45, 7) is 8.17. The van der Waals surface area contributed by atoms with E-state index in [1.165, 1.54) is 12.1 Å². The number of benzene rings is 1. The number of carbonyl (C=O) groups excluding carboxylic acids is 2. The Labute approximate surface area is 228 Å². The monoisotopic (exact) mass is 537 g/mol. The van der Waals surface area contributed by atoms with Gasteiger partial charge in [0.05, 0.1) is 36.4 Å². The quantitative estimate of drug-likeness (QED) is 0.462. The van der Waals surface area contributed by atoms with Crippen LogP contribution in [0.3, 0.4) is 0 Å². The maximum absolute atomic E-state index is 14.0. The molecule has 8 heteroatoms. The summed E-state index contributed by atoms with van der Waals surface area (Å²) in [5.41, 5.74) is 4.82. The molecule has 2 N–H and O–H groups in total. The van der Waals surface area contributed by atoms with E-state index < -0.39 is 36.4 Å². The fourth-order valence-electron chi connectivity index (χ4n) is 5.06. The lowest BCUT2D eigenvalue weighted by Gasteiger charge is -2.25. The van der Waals surface area contributed by atoms with E-state index in [1.54, 1.807) is 24.3 Å². The lowest BCUT2D eigenvalue weighted by molar-refractivity contribution is -0.157. The summed E-state index contributed by atoms with van der Waals surface area (Å²) < 4.78 is 24.8. The molecule has 7 nitrogen and oxygen atoms in total. The van der Waals surface area contributed by atoms with Gasteiger partial charge in [-0.3, -0.25) is 14.6 Å². The molecule has 4 rings (SSSR count). The molecule has 0 saturated carbocycles. The second-order valence-electron chi connectivity index (χ2n) is 10.9. The molecular weight excluding hydrogens is 501 g/mol. The highest BCUT2D eigenvalue weighted by molar-refractivity contribution is 5.86. The molecule has 2 aliphatic heterocycles. The Bertz CT molecular complexity index is 1190. The minimum atomic E-state index is -0.768. The molecule has 2 aliphatic rings. The molecule has 0 spiro atoms. The fourth-order valence-corrected chi connectivity index (χ4v) is 5.06. The minimum Gasteiger partial charge on any atom is -0.458 e. The third-order valence-electron chi connectivity index (χ3n) is 6.89. The zero-order valence-electron chi connectivity index (χ0n) is 22.8. The van der Waals surface area contributed by atoms with Gasteiger partial charge in [-0.25, -0.2) is 4.39 Å². The van der Waals surface area contributed by atoms with Crippen LogP contribution in [0.2, 0.25) is 0 Å². The molecule has 2 aromatic rings. The van der Waals surface area contributed by atoms with E-state index in [9.17, 15) is 24.2 Å². The van der Waals surface area contributed by atoms with E-state index in [-0.39, 0.29) is 30.5 Å². The van der Waals surface area contributed by atoms with Crippen LogP contribution in [0.1, 0.15) is 87.7 Å². The summed E-state index contributed by atoms with van der Waals surface area (Å²) in [4.78, 5) is 28.9. The smallest absolute Gasteiger partial charge is 0.309 e. The van der Waals surface area contributed by atoms with E-state index >= 15 is 0 Å². The highest BCUT2D eigenvalue weighted by atomic mass is 19.1. The largest absolute Gasteiger partial charge is 0.458 e. The first kappa shape index (κ1) is 28.6. The van der Waals surface area contributed by atoms with Gasteiger partial charge in [0, 0.05) is 24.0 Å². The van der Waals surface area contributed by atoms with Crippen LogP contribution in [-0.2, 0) is 19.1 Å². The van der Waals surface area contributed by atoms with Crippen LogP contribution in [0.4, 0.5) is 4.39 Å². The van der Waals surface area contributed by atoms with Crippen LogP contribution < -0.4 is 0 Å². The maximum Gasteiger partial charge on any atom is 0.309 e. The number of esters is 2. The van der Waals surface area contributed by atoms with Crippen molar-refractivity contribution in [1.82, 2.24) is 4.98 Å². The Balaban J connectivity index is 1.91. The van der Waals surface area contributed by atoms with Crippen LogP contribution in [0.25, 0.3) is 23.3 Å². The standard InChI is InChI=1S/C31H36FNO6/c1-17(2)30-25(11-9-23-13-21(34)15-27(36)38-23)29(19-5-7-20(32)8-6-19)26(31(33-30)18(3)4)12-10-24-14-22(35)16-28(37)39-24/h5-12,17-18,21-24,34-35H,13-16H2,1-4H3/t21-,22?,23-,24?/m0/s1. The molecule has 1 aromatic heterocycles. The van der Waals surface area contributed by atoms with Gasteiger partial charge in [-0.1, -0.05) is 52.0 Å². The van der Waals surface area contributed by atoms with Crippen molar-refractivity contribution in [2.24, 2.45) is 0 Å². The van der Waals surface area contributed by atoms with Crippen molar-refractivity contribution < 1.29 is 33.7 Å². The number of rotatable bonds is 7. The van der Waals surface area contributed by atoms with Crippen molar-refractivity contribution in [3.05, 3.63) is 64.7 Å². The predicted molar refractivity (Wildman–Crippen MR) is 146 cm³/mol. The third-order valence-corrected chi connectivity index (χ3v) is 6.89. The Hall–Kier alpha value is -3.36. The van der Waals surface area contributed by atoms with Gasteiger partial charge in [0.25, 0.3) is 0 Å². The highest BCUT2D eigenvalue weighted by Gasteiger charge is 2.28. The second-order valence-corrected chi connectivity index (χ2v) is 10.9. The van der Waals surface area contributed by atoms with Crippen LogP contribution in [0.15, 0.2) is 36.4 Å². The van der Waals surface area contributed by atoms with Gasteiger partial charge in [-0.15, -0.1) is 0 Å². The van der Waals surface area contributed by atoms with E-state index in [0.29, 0.717) is 12.8 Å². The first-order chi connectivity index (χ1) is 18.5. The average Bonchev–Trinajstić information content (AvgIpc) is 2.85. The zero-order chi connectivity index (χ0) is 28.3. The number of cyclic esters (lactones) is 2. The van der Waals surface area contributed by atoms with E-state index in [1.807, 2.05) is 39.8 Å². The molecule has 1 aromatic carbocycles. The first-order valence-corrected chi connectivity index (χ1v) is 13.5. The van der Waals surface area contributed by atoms with Crippen molar-refractivity contribution >= 4 is 24.1 Å². The van der Waals surface area contributed by atoms with Crippen LogP contribution in [-0.4, -0.2) is 51.6 Å². The van der Waals surface area contributed by atoms with Gasteiger partial charge in [0.15, 0.2) is 0 Å². The Morgan fingerprint density at radius 2 is 1.26 bits per heavy atom. The number of aliphatic hydroxyl groups excluding tert-OH is 2. The van der Waals surface area contributed by atoms with Crippen molar-refractivity contribution in [1.29, 1.82) is 0 Å². The number of ether oxygens (including phenoxy) is 2. The molecule has 2 saturated heterocycles. The number of aliphatic hydroxyl groups is 2. The lowest BCUT2D eigenvalue weighted by atomic mass is 9.86. The van der Waals surface area contributed by atoms with Gasteiger partial charge in [0.2, 0.25) is 0 Å². The average molecular weight is 538 g/mol. The number of nitrogens with zero attached hydrogens (tertiary/aromatic N) is 1. The van der Waals surface area contributed by atoms with Gasteiger partial charge < -0.3 is 19.7 Å². The number of hydrogen-bond donors (Lipinski definition) is 2. The molecular formula is C31H36FNO6. The lowest BCUT2D eigenvalue weighted by Crippen LogP contribution is -2.31. The number of aromatic nitrogens is 1. The molecule has 3 heterocycles. The molecule has 39 heavy (non-hydrogen) atoms. The van der Waals surface area contributed by atoms with E-state index in [4.69, 9.17) is 14.5 Å². The van der Waals surface area contributed by atoms with E-state index in [0.717, 1.165) is 33.6 Å². The molecule has 208 valence electrons. The molecule has 0 radical (unpaired) electrons. The van der Waals surface area contributed by atoms with E-state index in [2.05, 4.69) is 0 Å². The summed E-state index contributed by atoms with van der Waals surface area (Å²) in [6.07, 6.45) is 5.08. The topological polar surface area (TPSA) is 106 Å². The summed E-state index contributed by atoms with van der Waals surface area (Å²) in [7, 11) is 0. The molecule has 4 atom stereocenters. The van der Waals surface area contributed by atoms with Crippen molar-refractivity contribution in [2.75, 3.05) is 0 Å². The SMILES string of the molecule is CC(C)c1nc(C(C)C)c(C=C[C@H]2C[C@H](O)CC(=O)O2)c(-c2ccc(F)cc2)c1C=CC1CC(O)CC(=O)O1. The minimum absolute atomic E-state index is 0.0254. The Morgan fingerprint density at radius 3 is 1.64 bits per heavy atom. The van der Waals surface area contributed by atoms with Gasteiger partial charge in [0.1, 0.15) is 18.0 Å². The Kier molecular flexibility index (Phi) is 8.97. The molecule has 0 amide bonds. The highest BCUT2D eigenvalue weighted by Crippen LogP contribution is 2.39. The second kappa shape index (κ2) is 12.2. The van der Waals surface area contributed by atoms with Gasteiger partial charge in [-0.2, -0.15) is 0 Å². The summed E-state index contributed by atoms with van der Waals surface area (Å²) in [5, 5.41) is 20.2. The molecule has 0 bridgehead atoms. The summed E-state index contributed by atoms with van der Waals surface area (Å²) >= 11 is 0. The molecule has 2 fully saturated rings. The predicted octanol–water partition coefficient (Wildman–Crippen LogP) is 5.29. The van der Waals surface area contributed by atoms with Crippen LogP contribution in [0.5, 0.6) is 0 Å². The summed E-state index contributed by atoms with van der Waals surface area (Å²) in [5.74, 6) is -1.19.